The molecule has 1 aromatic carbocycles. The highest BCUT2D eigenvalue weighted by Gasteiger charge is 2.44. The first-order valence-electron chi connectivity index (χ1n) is 11.6. The van der Waals surface area contributed by atoms with Gasteiger partial charge in [-0.25, -0.2) is 13.2 Å². The van der Waals surface area contributed by atoms with Crippen molar-refractivity contribution in [2.24, 2.45) is 5.92 Å². The summed E-state index contributed by atoms with van der Waals surface area (Å²) in [5, 5.41) is 5.81. The summed E-state index contributed by atoms with van der Waals surface area (Å²) in [5.41, 5.74) is 0. The maximum absolute atomic E-state index is 13.5. The Morgan fingerprint density at radius 3 is 2.43 bits per heavy atom. The maximum atomic E-state index is 13.5. The Balaban J connectivity index is 1.75. The number of urea groups is 1. The summed E-state index contributed by atoms with van der Waals surface area (Å²) in [7, 11) is -4.64. The van der Waals surface area contributed by atoms with Gasteiger partial charge in [0.05, 0.1) is 4.90 Å². The molecule has 1 unspecified atom stereocenters. The maximum Gasteiger partial charge on any atom is 0.402 e. The Bertz CT molecular complexity index is 1000. The van der Waals surface area contributed by atoms with E-state index in [0.29, 0.717) is 19.5 Å². The minimum Gasteiger partial charge on any atom is -0.341 e. The fourth-order valence-corrected chi connectivity index (χ4v) is 5.89. The van der Waals surface area contributed by atoms with Gasteiger partial charge in [-0.15, -0.1) is 0 Å². The lowest BCUT2D eigenvalue weighted by molar-refractivity contribution is -0.149. The third kappa shape index (κ3) is 7.71. The molecule has 0 aromatic heterocycles. The molecule has 196 valence electrons. The second-order valence-corrected chi connectivity index (χ2v) is 11.3. The highest BCUT2D eigenvalue weighted by molar-refractivity contribution is 7.89. The molecular formula is C22H30ClF3N4O4S. The van der Waals surface area contributed by atoms with Crippen molar-refractivity contribution in [3.05, 3.63) is 29.3 Å². The number of likely N-dealkylation sites (tertiary alicyclic amines) is 1. The first-order valence-corrected chi connectivity index (χ1v) is 13.4. The molecule has 0 radical (unpaired) electrons. The van der Waals surface area contributed by atoms with Crippen molar-refractivity contribution in [2.75, 3.05) is 26.2 Å². The average Bonchev–Trinajstić information content (AvgIpc) is 3.61. The number of nitrogens with zero attached hydrogens (tertiary/aromatic N) is 2. The topological polar surface area (TPSA) is 98.8 Å². The van der Waals surface area contributed by atoms with Gasteiger partial charge in [-0.2, -0.15) is 17.5 Å². The third-order valence-corrected chi connectivity index (χ3v) is 8.19. The molecule has 1 aliphatic carbocycles. The molecule has 2 aliphatic rings. The lowest BCUT2D eigenvalue weighted by Gasteiger charge is -2.38. The van der Waals surface area contributed by atoms with E-state index in [0.717, 1.165) is 31.4 Å². The van der Waals surface area contributed by atoms with Crippen LogP contribution in [0.25, 0.3) is 0 Å². The molecule has 1 saturated heterocycles. The van der Waals surface area contributed by atoms with E-state index < -0.39 is 34.7 Å². The second kappa shape index (κ2) is 11.3. The first kappa shape index (κ1) is 27.5. The predicted molar refractivity (Wildman–Crippen MR) is 124 cm³/mol. The van der Waals surface area contributed by atoms with E-state index in [1.165, 1.54) is 24.0 Å². The van der Waals surface area contributed by atoms with Gasteiger partial charge in [0.25, 0.3) is 0 Å². The van der Waals surface area contributed by atoms with Gasteiger partial charge < -0.3 is 15.5 Å². The second-order valence-electron chi connectivity index (χ2n) is 8.96. The lowest BCUT2D eigenvalue weighted by Crippen LogP contribution is -2.55. The van der Waals surface area contributed by atoms with Crippen LogP contribution in [-0.2, 0) is 14.8 Å². The zero-order valence-electron chi connectivity index (χ0n) is 19.4. The van der Waals surface area contributed by atoms with Crippen molar-refractivity contribution in [3.8, 4) is 0 Å². The van der Waals surface area contributed by atoms with Gasteiger partial charge in [0.1, 0.15) is 12.6 Å². The number of hydrogen-bond donors (Lipinski definition) is 2. The smallest absolute Gasteiger partial charge is 0.341 e. The van der Waals surface area contributed by atoms with Crippen LogP contribution in [-0.4, -0.2) is 74.0 Å². The number of sulfonamides is 1. The number of rotatable bonds is 9. The van der Waals surface area contributed by atoms with Crippen LogP contribution in [0, 0.1) is 5.92 Å². The number of carbonyl (C=O) groups excluding carboxylic acids is 2. The fraction of sp³-hybridized carbons (Fsp3) is 0.636. The van der Waals surface area contributed by atoms with Crippen LogP contribution < -0.4 is 10.6 Å². The molecule has 1 aromatic rings. The third-order valence-electron chi connectivity index (χ3n) is 6.07. The van der Waals surface area contributed by atoms with Gasteiger partial charge in [0.2, 0.25) is 15.9 Å². The molecular weight excluding hydrogens is 509 g/mol. The molecule has 1 saturated carbocycles. The van der Waals surface area contributed by atoms with Crippen LogP contribution in [0.15, 0.2) is 29.2 Å². The highest BCUT2D eigenvalue weighted by atomic mass is 35.5. The molecule has 35 heavy (non-hydrogen) atoms. The fourth-order valence-electron chi connectivity index (χ4n) is 4.13. The van der Waals surface area contributed by atoms with Gasteiger partial charge in [0.15, 0.2) is 0 Å². The molecule has 2 fully saturated rings. The van der Waals surface area contributed by atoms with Crippen molar-refractivity contribution >= 4 is 33.6 Å². The van der Waals surface area contributed by atoms with E-state index in [1.807, 2.05) is 0 Å². The zero-order chi connectivity index (χ0) is 25.8. The quantitative estimate of drug-likeness (QED) is 0.503. The van der Waals surface area contributed by atoms with Gasteiger partial charge in [-0.3, -0.25) is 4.79 Å². The summed E-state index contributed by atoms with van der Waals surface area (Å²) in [6, 6.07) is 3.16. The van der Waals surface area contributed by atoms with Crippen LogP contribution in [0.1, 0.15) is 39.0 Å². The van der Waals surface area contributed by atoms with Crippen LogP contribution in [0.4, 0.5) is 18.0 Å². The molecule has 8 nitrogen and oxygen atoms in total. The minimum absolute atomic E-state index is 0.0842. The Kier molecular flexibility index (Phi) is 8.92. The molecule has 0 bridgehead atoms. The predicted octanol–water partition coefficient (Wildman–Crippen LogP) is 3.37. The largest absolute Gasteiger partial charge is 0.402 e. The number of halogens is 4. The summed E-state index contributed by atoms with van der Waals surface area (Å²) in [4.78, 5) is 26.3. The normalized spacial score (nSPS) is 19.9. The average molecular weight is 539 g/mol. The molecule has 1 heterocycles. The summed E-state index contributed by atoms with van der Waals surface area (Å²) >= 11 is 5.80. The van der Waals surface area contributed by atoms with E-state index in [1.54, 1.807) is 0 Å². The summed E-state index contributed by atoms with van der Waals surface area (Å²) in [6.45, 7) is 0.534. The molecule has 0 spiro atoms. The number of carbonyl (C=O) groups is 2. The van der Waals surface area contributed by atoms with Crippen molar-refractivity contribution in [1.82, 2.24) is 19.8 Å². The van der Waals surface area contributed by atoms with Gasteiger partial charge in [0, 0.05) is 30.7 Å². The summed E-state index contributed by atoms with van der Waals surface area (Å²) in [6.07, 6.45) is -1.75. The van der Waals surface area contributed by atoms with E-state index in [2.05, 4.69) is 10.6 Å². The molecule has 3 rings (SSSR count). The highest BCUT2D eigenvalue weighted by Crippen LogP contribution is 2.28. The number of nitrogens with one attached hydrogen (secondary N) is 2. The summed E-state index contributed by atoms with van der Waals surface area (Å²) < 4.78 is 67.0. The Morgan fingerprint density at radius 2 is 1.86 bits per heavy atom. The first-order chi connectivity index (χ1) is 16.4. The summed E-state index contributed by atoms with van der Waals surface area (Å²) in [5.74, 6) is -0.763. The Morgan fingerprint density at radius 1 is 1.20 bits per heavy atom. The van der Waals surface area contributed by atoms with Crippen LogP contribution in [0.3, 0.4) is 0 Å². The number of piperidine rings is 1. The van der Waals surface area contributed by atoms with Crippen molar-refractivity contribution < 1.29 is 31.2 Å². The van der Waals surface area contributed by atoms with Crippen LogP contribution >= 0.6 is 11.6 Å². The SMILES string of the molecule is CCC(C(=O)N1CCC[C@@H](CNC(=O)NC2CC2)C1)N(CC(F)(F)F)S(=O)(=O)c1ccc(Cl)cc1. The van der Waals surface area contributed by atoms with Gasteiger partial charge >= 0.3 is 12.2 Å². The van der Waals surface area contributed by atoms with Gasteiger partial charge in [-0.1, -0.05) is 18.5 Å². The van der Waals surface area contributed by atoms with E-state index >= 15 is 0 Å². The Labute approximate surface area is 208 Å². The van der Waals surface area contributed by atoms with Crippen LogP contribution in [0.5, 0.6) is 0 Å². The Hall–Kier alpha value is -2.05. The van der Waals surface area contributed by atoms with Gasteiger partial charge in [-0.05, 0) is 62.3 Å². The number of benzene rings is 1. The number of hydrogen-bond acceptors (Lipinski definition) is 4. The molecule has 13 heteroatoms. The standard InChI is InChI=1S/C22H30ClF3N4O4S/c1-2-19(30(14-22(24,25)26)35(33,34)18-9-5-16(23)6-10-18)20(31)29-11-3-4-15(13-29)12-27-21(32)28-17-7-8-17/h5-6,9-10,15,17,19H,2-4,7-8,11-14H2,1H3,(H2,27,28,32)/t15-,19?/m0/s1. The minimum atomic E-state index is -4.85. The number of alkyl halides is 3. The van der Waals surface area contributed by atoms with Crippen molar-refractivity contribution in [2.45, 2.75) is 62.2 Å². The van der Waals surface area contributed by atoms with Crippen molar-refractivity contribution in [3.63, 3.8) is 0 Å². The number of amides is 3. The van der Waals surface area contributed by atoms with Crippen LogP contribution in [0.2, 0.25) is 5.02 Å². The lowest BCUT2D eigenvalue weighted by atomic mass is 9.97. The van der Waals surface area contributed by atoms with E-state index in [4.69, 9.17) is 11.6 Å². The zero-order valence-corrected chi connectivity index (χ0v) is 20.9. The molecule has 2 atom stereocenters. The van der Waals surface area contributed by atoms with E-state index in [9.17, 15) is 31.2 Å². The van der Waals surface area contributed by atoms with Crippen molar-refractivity contribution in [1.29, 1.82) is 0 Å². The van der Waals surface area contributed by atoms with E-state index in [-0.39, 0.29) is 45.2 Å². The monoisotopic (exact) mass is 538 g/mol. The molecule has 3 amide bonds. The molecule has 1 aliphatic heterocycles. The molecule has 2 N–H and O–H groups in total.